The molecule has 0 aliphatic heterocycles. The highest BCUT2D eigenvalue weighted by atomic mass is 35.5. The molecule has 1 atom stereocenters. The number of nitro benzene ring substituents is 1. The molecule has 0 aliphatic rings. The number of nitrogens with one attached hydrogen (secondary N) is 1. The zero-order chi connectivity index (χ0) is 20.5. The number of hydrogen-bond acceptors (Lipinski definition) is 4. The number of nitro groups is 1. The highest BCUT2D eigenvalue weighted by Crippen LogP contribution is 2.41. The average molecular weight is 411 g/mol. The number of anilines is 1. The summed E-state index contributed by atoms with van der Waals surface area (Å²) < 4.78 is 41.0. The number of hydrogen-bond donors (Lipinski definition) is 1. The van der Waals surface area contributed by atoms with E-state index in [1.165, 1.54) is 0 Å². The molecule has 0 spiro atoms. The molecular weight excluding hydrogens is 397 g/mol. The monoisotopic (exact) mass is 410 g/mol. The second kappa shape index (κ2) is 7.51. The van der Waals surface area contributed by atoms with Crippen molar-refractivity contribution in [2.24, 2.45) is 7.05 Å². The van der Waals surface area contributed by atoms with Crippen molar-refractivity contribution in [2.45, 2.75) is 12.2 Å². The molecule has 28 heavy (non-hydrogen) atoms. The van der Waals surface area contributed by atoms with Crippen LogP contribution in [0.1, 0.15) is 23.0 Å². The van der Waals surface area contributed by atoms with E-state index in [2.05, 4.69) is 10.3 Å². The molecule has 1 aromatic heterocycles. The van der Waals surface area contributed by atoms with Gasteiger partial charge in [-0.25, -0.2) is 4.98 Å². The maximum absolute atomic E-state index is 13.1. The number of alkyl halides is 3. The Morgan fingerprint density at radius 1 is 1.25 bits per heavy atom. The molecule has 2 aromatic carbocycles. The third-order valence-corrected chi connectivity index (χ3v) is 4.45. The summed E-state index contributed by atoms with van der Waals surface area (Å²) in [7, 11) is 1.74. The minimum Gasteiger partial charge on any atom is -0.366 e. The molecule has 0 aliphatic carbocycles. The van der Waals surface area contributed by atoms with Crippen molar-refractivity contribution in [3.63, 3.8) is 0 Å². The van der Waals surface area contributed by atoms with Crippen LogP contribution in [0.3, 0.4) is 0 Å². The molecule has 3 rings (SSSR count). The molecule has 146 valence electrons. The van der Waals surface area contributed by atoms with E-state index in [1.54, 1.807) is 54.3 Å². The van der Waals surface area contributed by atoms with Crippen molar-refractivity contribution in [3.05, 3.63) is 86.9 Å². The predicted octanol–water partition coefficient (Wildman–Crippen LogP) is 5.20. The van der Waals surface area contributed by atoms with Crippen LogP contribution in [0.25, 0.3) is 0 Å². The first-order valence-corrected chi connectivity index (χ1v) is 8.40. The summed E-state index contributed by atoms with van der Waals surface area (Å²) in [5.41, 5.74) is -1.41. The molecule has 6 nitrogen and oxygen atoms in total. The van der Waals surface area contributed by atoms with Crippen LogP contribution in [0.5, 0.6) is 0 Å². The number of imidazole rings is 1. The molecule has 3 aromatic rings. The van der Waals surface area contributed by atoms with Gasteiger partial charge in [-0.3, -0.25) is 10.1 Å². The van der Waals surface area contributed by atoms with E-state index in [0.717, 1.165) is 11.6 Å². The molecule has 0 unspecified atom stereocenters. The van der Waals surface area contributed by atoms with E-state index >= 15 is 0 Å². The second-order valence-electron chi connectivity index (χ2n) is 5.99. The molecular formula is C18H14ClF3N4O2. The van der Waals surface area contributed by atoms with Crippen molar-refractivity contribution in [1.29, 1.82) is 0 Å². The van der Waals surface area contributed by atoms with Crippen LogP contribution >= 0.6 is 11.6 Å². The van der Waals surface area contributed by atoms with Gasteiger partial charge in [0.25, 0.3) is 5.69 Å². The lowest BCUT2D eigenvalue weighted by Crippen LogP contribution is -2.18. The summed E-state index contributed by atoms with van der Waals surface area (Å²) in [5.74, 6) is 0.525. The van der Waals surface area contributed by atoms with E-state index in [1.807, 2.05) is 0 Å². The van der Waals surface area contributed by atoms with Gasteiger partial charge in [0.15, 0.2) is 0 Å². The first kappa shape index (κ1) is 19.7. The Hall–Kier alpha value is -3.07. The standard InChI is InChI=1S/C18H14ClF3N4O2/c1-25-8-7-23-17(25)16(11-5-3-2-4-6-11)24-14-10-13(19)12(18(20,21)22)9-15(14)26(27)28/h2-10,16,24H,1H3/t16-/m0/s1. The molecule has 1 N–H and O–H groups in total. The van der Waals surface area contributed by atoms with E-state index in [4.69, 9.17) is 11.6 Å². The summed E-state index contributed by atoms with van der Waals surface area (Å²) in [6.45, 7) is 0. The summed E-state index contributed by atoms with van der Waals surface area (Å²) in [4.78, 5) is 14.8. The maximum atomic E-state index is 13.1. The van der Waals surface area contributed by atoms with Gasteiger partial charge in [-0.15, -0.1) is 0 Å². The van der Waals surface area contributed by atoms with Crippen molar-refractivity contribution in [2.75, 3.05) is 5.32 Å². The van der Waals surface area contributed by atoms with Gasteiger partial charge in [0, 0.05) is 25.5 Å². The van der Waals surface area contributed by atoms with Crippen LogP contribution in [-0.4, -0.2) is 14.5 Å². The smallest absolute Gasteiger partial charge is 0.366 e. The number of aromatic nitrogens is 2. The number of nitrogens with zero attached hydrogens (tertiary/aromatic N) is 3. The summed E-state index contributed by atoms with van der Waals surface area (Å²) >= 11 is 5.77. The minimum absolute atomic E-state index is 0.139. The fourth-order valence-electron chi connectivity index (χ4n) is 2.80. The molecule has 0 saturated heterocycles. The fraction of sp³-hybridized carbons (Fsp3) is 0.167. The maximum Gasteiger partial charge on any atom is 0.418 e. The quantitative estimate of drug-likeness (QED) is 0.463. The van der Waals surface area contributed by atoms with Crippen LogP contribution in [0.2, 0.25) is 5.02 Å². The van der Waals surface area contributed by atoms with Gasteiger partial charge in [-0.2, -0.15) is 13.2 Å². The lowest BCUT2D eigenvalue weighted by molar-refractivity contribution is -0.384. The largest absolute Gasteiger partial charge is 0.418 e. The Morgan fingerprint density at radius 3 is 2.46 bits per heavy atom. The fourth-order valence-corrected chi connectivity index (χ4v) is 3.07. The Morgan fingerprint density at radius 2 is 1.93 bits per heavy atom. The topological polar surface area (TPSA) is 73.0 Å². The third kappa shape index (κ3) is 3.94. The highest BCUT2D eigenvalue weighted by Gasteiger charge is 2.36. The molecule has 0 saturated carbocycles. The van der Waals surface area contributed by atoms with Crippen LogP contribution < -0.4 is 5.32 Å². The van der Waals surface area contributed by atoms with Crippen molar-refractivity contribution in [3.8, 4) is 0 Å². The zero-order valence-electron chi connectivity index (χ0n) is 14.4. The van der Waals surface area contributed by atoms with Gasteiger partial charge < -0.3 is 9.88 Å². The van der Waals surface area contributed by atoms with Gasteiger partial charge in [-0.05, 0) is 11.6 Å². The molecule has 10 heteroatoms. The molecule has 0 fully saturated rings. The van der Waals surface area contributed by atoms with Gasteiger partial charge >= 0.3 is 6.18 Å². The van der Waals surface area contributed by atoms with Crippen LogP contribution in [-0.2, 0) is 13.2 Å². The molecule has 0 radical (unpaired) electrons. The van der Waals surface area contributed by atoms with E-state index in [9.17, 15) is 23.3 Å². The average Bonchev–Trinajstić information content (AvgIpc) is 3.04. The van der Waals surface area contributed by atoms with Gasteiger partial charge in [-0.1, -0.05) is 41.9 Å². The van der Waals surface area contributed by atoms with Gasteiger partial charge in [0.05, 0.1) is 15.5 Å². The minimum atomic E-state index is -4.81. The lowest BCUT2D eigenvalue weighted by Gasteiger charge is -2.21. The normalized spacial score (nSPS) is 12.6. The third-order valence-electron chi connectivity index (χ3n) is 4.14. The first-order chi connectivity index (χ1) is 13.2. The Labute approximate surface area is 162 Å². The predicted molar refractivity (Wildman–Crippen MR) is 98.2 cm³/mol. The van der Waals surface area contributed by atoms with Crippen LogP contribution in [0, 0.1) is 10.1 Å². The Kier molecular flexibility index (Phi) is 5.28. The zero-order valence-corrected chi connectivity index (χ0v) is 15.2. The number of halogens is 4. The van der Waals surface area contributed by atoms with Crippen LogP contribution in [0.4, 0.5) is 24.5 Å². The molecule has 1 heterocycles. The summed E-state index contributed by atoms with van der Waals surface area (Å²) in [6.07, 6.45) is -1.55. The van der Waals surface area contributed by atoms with Crippen molar-refractivity contribution < 1.29 is 18.1 Å². The van der Waals surface area contributed by atoms with E-state index in [0.29, 0.717) is 11.9 Å². The summed E-state index contributed by atoms with van der Waals surface area (Å²) in [5, 5.41) is 13.7. The van der Waals surface area contributed by atoms with Crippen molar-refractivity contribution in [1.82, 2.24) is 9.55 Å². The first-order valence-electron chi connectivity index (χ1n) is 8.02. The van der Waals surface area contributed by atoms with Gasteiger partial charge in [0.1, 0.15) is 17.6 Å². The number of benzene rings is 2. The second-order valence-corrected chi connectivity index (χ2v) is 6.40. The van der Waals surface area contributed by atoms with E-state index in [-0.39, 0.29) is 5.69 Å². The Balaban J connectivity index is 2.12. The number of rotatable bonds is 5. The van der Waals surface area contributed by atoms with Crippen LogP contribution in [0.15, 0.2) is 54.9 Å². The van der Waals surface area contributed by atoms with Gasteiger partial charge in [0.2, 0.25) is 0 Å². The molecule has 0 amide bonds. The number of aryl methyl sites for hydroxylation is 1. The Bertz CT molecular complexity index is 1010. The SMILES string of the molecule is Cn1ccnc1[C@@H](Nc1cc(Cl)c(C(F)(F)F)cc1[N+](=O)[O-])c1ccccc1. The van der Waals surface area contributed by atoms with E-state index < -0.39 is 33.4 Å². The lowest BCUT2D eigenvalue weighted by atomic mass is 10.0. The molecule has 0 bridgehead atoms. The highest BCUT2D eigenvalue weighted by molar-refractivity contribution is 6.31. The summed E-state index contributed by atoms with van der Waals surface area (Å²) in [6, 6.07) is 9.63. The van der Waals surface area contributed by atoms with Crippen molar-refractivity contribution >= 4 is 23.0 Å².